The van der Waals surface area contributed by atoms with Gasteiger partial charge in [0.1, 0.15) is 11.9 Å². The summed E-state index contributed by atoms with van der Waals surface area (Å²) >= 11 is 0. The average Bonchev–Trinajstić information content (AvgIpc) is 3.03. The van der Waals surface area contributed by atoms with Crippen LogP contribution < -0.4 is 9.62 Å². The first-order valence-electron chi connectivity index (χ1n) is 11.0. The molecule has 8 heteroatoms. The highest BCUT2D eigenvalue weighted by atomic mass is 32.2. The van der Waals surface area contributed by atoms with Crippen molar-refractivity contribution in [1.29, 1.82) is 0 Å². The van der Waals surface area contributed by atoms with Crippen molar-refractivity contribution in [2.24, 2.45) is 10.9 Å². The maximum absolute atomic E-state index is 13.4. The third-order valence-electron chi connectivity index (χ3n) is 6.32. The van der Waals surface area contributed by atoms with Crippen molar-refractivity contribution in [3.63, 3.8) is 0 Å². The second kappa shape index (κ2) is 8.58. The van der Waals surface area contributed by atoms with Gasteiger partial charge in [-0.15, -0.1) is 0 Å². The van der Waals surface area contributed by atoms with E-state index in [1.54, 1.807) is 24.3 Å². The summed E-state index contributed by atoms with van der Waals surface area (Å²) in [7, 11) is -3.63. The Labute approximate surface area is 190 Å². The molecule has 32 heavy (non-hydrogen) atoms. The van der Waals surface area contributed by atoms with Crippen LogP contribution in [0, 0.1) is 19.8 Å². The first kappa shape index (κ1) is 22.3. The van der Waals surface area contributed by atoms with Crippen molar-refractivity contribution in [2.75, 3.05) is 31.1 Å². The highest BCUT2D eigenvalue weighted by Gasteiger charge is 2.34. The standard InChI is InChI=1S/C24H30N4O3S/c1-16(2)22(25-23-19-9-5-6-11-21(19)32(30,31)26-23)24(29)28-14-12-27(13-15-28)20-10-7-8-17(3)18(20)4/h5-11,16,22H,12-15H2,1-4H3,(H,25,26). The number of aliphatic imine (C=N–C) groups is 1. The van der Waals surface area contributed by atoms with Crippen LogP contribution in [0.1, 0.15) is 30.5 Å². The number of nitrogens with zero attached hydrogens (tertiary/aromatic N) is 3. The number of hydrogen-bond donors (Lipinski definition) is 1. The fourth-order valence-electron chi connectivity index (χ4n) is 4.29. The molecule has 0 saturated carbocycles. The van der Waals surface area contributed by atoms with Gasteiger partial charge in [-0.05, 0) is 49.1 Å². The Balaban J connectivity index is 1.52. The molecule has 2 heterocycles. The van der Waals surface area contributed by atoms with Gasteiger partial charge in [-0.25, -0.2) is 8.42 Å². The second-order valence-corrected chi connectivity index (χ2v) is 10.5. The van der Waals surface area contributed by atoms with Crippen molar-refractivity contribution < 1.29 is 13.2 Å². The van der Waals surface area contributed by atoms with Gasteiger partial charge in [0.05, 0.1) is 4.90 Å². The van der Waals surface area contributed by atoms with Crippen molar-refractivity contribution in [3.8, 4) is 0 Å². The predicted octanol–water partition coefficient (Wildman–Crippen LogP) is 2.72. The van der Waals surface area contributed by atoms with Crippen molar-refractivity contribution in [1.82, 2.24) is 9.62 Å². The van der Waals surface area contributed by atoms with Gasteiger partial charge in [-0.2, -0.15) is 0 Å². The summed E-state index contributed by atoms with van der Waals surface area (Å²) < 4.78 is 27.4. The molecule has 7 nitrogen and oxygen atoms in total. The fraction of sp³-hybridized carbons (Fsp3) is 0.417. The molecule has 1 unspecified atom stereocenters. The molecule has 1 atom stereocenters. The first-order valence-corrected chi connectivity index (χ1v) is 12.5. The van der Waals surface area contributed by atoms with E-state index in [0.717, 1.165) is 13.1 Å². The SMILES string of the molecule is Cc1cccc(N2CCN(C(=O)C(N=C3NS(=O)(=O)c4ccccc43)C(C)C)CC2)c1C. The number of benzene rings is 2. The molecule has 0 spiro atoms. The number of anilines is 1. The van der Waals surface area contributed by atoms with Gasteiger partial charge in [0.15, 0.2) is 0 Å². The van der Waals surface area contributed by atoms with Gasteiger partial charge in [0, 0.05) is 37.4 Å². The van der Waals surface area contributed by atoms with E-state index in [4.69, 9.17) is 0 Å². The van der Waals surface area contributed by atoms with Gasteiger partial charge >= 0.3 is 0 Å². The molecule has 1 saturated heterocycles. The highest BCUT2D eigenvalue weighted by molar-refractivity contribution is 7.90. The summed E-state index contributed by atoms with van der Waals surface area (Å²) in [6.07, 6.45) is 0. The minimum absolute atomic E-state index is 0.0586. The largest absolute Gasteiger partial charge is 0.368 e. The molecule has 0 aromatic heterocycles. The summed E-state index contributed by atoms with van der Waals surface area (Å²) in [5.41, 5.74) is 4.27. The molecular weight excluding hydrogens is 424 g/mol. The van der Waals surface area contributed by atoms with Crippen LogP contribution in [0.5, 0.6) is 0 Å². The zero-order chi connectivity index (χ0) is 23.0. The van der Waals surface area contributed by atoms with Crippen LogP contribution in [0.4, 0.5) is 5.69 Å². The molecule has 170 valence electrons. The molecule has 0 radical (unpaired) electrons. The normalized spacial score (nSPS) is 19.7. The number of amides is 1. The van der Waals surface area contributed by atoms with Gasteiger partial charge in [0.2, 0.25) is 5.91 Å². The van der Waals surface area contributed by atoms with E-state index in [1.807, 2.05) is 18.7 Å². The molecule has 1 N–H and O–H groups in total. The average molecular weight is 455 g/mol. The Morgan fingerprint density at radius 2 is 1.69 bits per heavy atom. The van der Waals surface area contributed by atoms with Gasteiger partial charge in [0.25, 0.3) is 10.0 Å². The lowest BCUT2D eigenvalue weighted by Crippen LogP contribution is -2.52. The molecular formula is C24H30N4O3S. The molecule has 0 aliphatic carbocycles. The predicted molar refractivity (Wildman–Crippen MR) is 127 cm³/mol. The lowest BCUT2D eigenvalue weighted by molar-refractivity contribution is -0.133. The smallest absolute Gasteiger partial charge is 0.263 e. The maximum Gasteiger partial charge on any atom is 0.263 e. The number of nitrogens with one attached hydrogen (secondary N) is 1. The van der Waals surface area contributed by atoms with Crippen molar-refractivity contribution >= 4 is 27.5 Å². The number of aryl methyl sites for hydroxylation is 1. The number of carbonyl (C=O) groups is 1. The molecule has 2 aliphatic rings. The number of rotatable bonds is 4. The third-order valence-corrected chi connectivity index (χ3v) is 7.72. The fourth-order valence-corrected chi connectivity index (χ4v) is 5.53. The van der Waals surface area contributed by atoms with E-state index in [0.29, 0.717) is 18.7 Å². The monoisotopic (exact) mass is 454 g/mol. The van der Waals surface area contributed by atoms with Crippen LogP contribution >= 0.6 is 0 Å². The van der Waals surface area contributed by atoms with Crippen LogP contribution in [0.3, 0.4) is 0 Å². The van der Waals surface area contributed by atoms with Crippen LogP contribution in [-0.2, 0) is 14.8 Å². The molecule has 2 aromatic carbocycles. The van der Waals surface area contributed by atoms with Crippen LogP contribution in [0.15, 0.2) is 52.4 Å². The third kappa shape index (κ3) is 4.11. The minimum atomic E-state index is -3.63. The van der Waals surface area contributed by atoms with E-state index in [-0.39, 0.29) is 22.6 Å². The summed E-state index contributed by atoms with van der Waals surface area (Å²) in [6.45, 7) is 10.9. The summed E-state index contributed by atoms with van der Waals surface area (Å²) in [5.74, 6) is 0.127. The number of carbonyl (C=O) groups excluding carboxylic acids is 1. The summed E-state index contributed by atoms with van der Waals surface area (Å²) in [4.78, 5) is 22.4. The van der Waals surface area contributed by atoms with E-state index in [9.17, 15) is 13.2 Å². The van der Waals surface area contributed by atoms with E-state index < -0.39 is 16.1 Å². The second-order valence-electron chi connectivity index (χ2n) is 8.80. The number of hydrogen-bond acceptors (Lipinski definition) is 5. The maximum atomic E-state index is 13.4. The van der Waals surface area contributed by atoms with Crippen LogP contribution in [0.25, 0.3) is 0 Å². The Hall–Kier alpha value is -2.87. The first-order chi connectivity index (χ1) is 15.2. The van der Waals surface area contributed by atoms with Crippen LogP contribution in [0.2, 0.25) is 0 Å². The van der Waals surface area contributed by atoms with E-state index in [2.05, 4.69) is 46.7 Å². The Morgan fingerprint density at radius 3 is 2.38 bits per heavy atom. The molecule has 2 aromatic rings. The summed E-state index contributed by atoms with van der Waals surface area (Å²) in [5, 5.41) is 0. The van der Waals surface area contributed by atoms with Gasteiger partial charge in [-0.3, -0.25) is 14.5 Å². The molecule has 0 bridgehead atoms. The lowest BCUT2D eigenvalue weighted by Gasteiger charge is -2.38. The number of fused-ring (bicyclic) bond motifs is 1. The zero-order valence-corrected chi connectivity index (χ0v) is 19.8. The van der Waals surface area contributed by atoms with E-state index >= 15 is 0 Å². The highest BCUT2D eigenvalue weighted by Crippen LogP contribution is 2.26. The zero-order valence-electron chi connectivity index (χ0n) is 19.0. The molecule has 4 rings (SSSR count). The quantitative estimate of drug-likeness (QED) is 0.770. The molecule has 2 aliphatic heterocycles. The van der Waals surface area contributed by atoms with Gasteiger partial charge in [-0.1, -0.05) is 38.1 Å². The van der Waals surface area contributed by atoms with Crippen molar-refractivity contribution in [2.45, 2.75) is 38.6 Å². The number of piperazine rings is 1. The Kier molecular flexibility index (Phi) is 5.99. The summed E-state index contributed by atoms with van der Waals surface area (Å²) in [6, 6.07) is 12.4. The molecule has 1 amide bonds. The van der Waals surface area contributed by atoms with Gasteiger partial charge < -0.3 is 9.80 Å². The lowest BCUT2D eigenvalue weighted by atomic mass is 10.0. The van der Waals surface area contributed by atoms with Crippen molar-refractivity contribution in [3.05, 3.63) is 59.2 Å². The molecule has 1 fully saturated rings. The number of amidine groups is 1. The topological polar surface area (TPSA) is 82.1 Å². The Bertz CT molecular complexity index is 1170. The minimum Gasteiger partial charge on any atom is -0.368 e. The Morgan fingerprint density at radius 1 is 1.00 bits per heavy atom. The van der Waals surface area contributed by atoms with E-state index in [1.165, 1.54) is 16.8 Å². The van der Waals surface area contributed by atoms with Crippen LogP contribution in [-0.4, -0.2) is 57.3 Å². The number of sulfonamides is 1.